The summed E-state index contributed by atoms with van der Waals surface area (Å²) in [5.41, 5.74) is 0. The minimum atomic E-state index is 0.874. The van der Waals surface area contributed by atoms with Gasteiger partial charge in [-0.25, -0.2) is 4.98 Å². The van der Waals surface area contributed by atoms with Crippen LogP contribution in [0.5, 0.6) is 0 Å². The van der Waals surface area contributed by atoms with Gasteiger partial charge in [0.1, 0.15) is 7.40 Å². The monoisotopic (exact) mass is 433 g/mol. The topological polar surface area (TPSA) is 30.3 Å². The van der Waals surface area contributed by atoms with Crippen molar-refractivity contribution in [3.05, 3.63) is 13.7 Å². The van der Waals surface area contributed by atoms with Gasteiger partial charge in [0.2, 0.25) is 0 Å². The Morgan fingerprint density at radius 3 is 2.60 bits per heavy atom. The molecule has 1 aromatic heterocycles. The second-order valence-corrected chi connectivity index (χ2v) is 5.52. The Labute approximate surface area is 117 Å². The highest BCUT2D eigenvalue weighted by molar-refractivity contribution is 14.1. The van der Waals surface area contributed by atoms with Gasteiger partial charge in [0.15, 0.2) is 0 Å². The van der Waals surface area contributed by atoms with E-state index in [0.29, 0.717) is 0 Å². The number of aromatic nitrogens is 2. The molecule has 84 valence electrons. The van der Waals surface area contributed by atoms with E-state index >= 15 is 0 Å². The van der Waals surface area contributed by atoms with E-state index in [1.165, 1.54) is 3.70 Å². The Hall–Kier alpha value is 0.590. The number of hydrogen-bond acceptors (Lipinski definition) is 3. The molecule has 15 heavy (non-hydrogen) atoms. The number of ether oxygens (including phenoxy) is 1. The second-order valence-electron chi connectivity index (χ2n) is 3.47. The van der Waals surface area contributed by atoms with Crippen molar-refractivity contribution in [1.29, 1.82) is 0 Å². The first-order chi connectivity index (χ1) is 7.27. The van der Waals surface area contributed by atoms with Crippen LogP contribution >= 0.6 is 45.2 Å². The van der Waals surface area contributed by atoms with Crippen LogP contribution in [0.25, 0.3) is 0 Å². The fourth-order valence-electron chi connectivity index (χ4n) is 1.57. The SMILES string of the molecule is Ic1ncn(CCN2CCOCC2)c1I. The highest BCUT2D eigenvalue weighted by Gasteiger charge is 2.11. The van der Waals surface area contributed by atoms with Crippen LogP contribution in [0.4, 0.5) is 0 Å². The van der Waals surface area contributed by atoms with Crippen LogP contribution in [-0.2, 0) is 11.3 Å². The molecule has 0 bridgehead atoms. The third-order valence-electron chi connectivity index (χ3n) is 2.49. The summed E-state index contributed by atoms with van der Waals surface area (Å²) in [6.07, 6.45) is 1.92. The third-order valence-corrected chi connectivity index (χ3v) is 5.45. The van der Waals surface area contributed by atoms with Gasteiger partial charge in [0, 0.05) is 26.2 Å². The molecular weight excluding hydrogens is 420 g/mol. The Morgan fingerprint density at radius 1 is 1.27 bits per heavy atom. The van der Waals surface area contributed by atoms with E-state index in [2.05, 4.69) is 59.6 Å². The molecule has 0 aliphatic carbocycles. The van der Waals surface area contributed by atoms with Crippen LogP contribution in [0.3, 0.4) is 0 Å². The van der Waals surface area contributed by atoms with Gasteiger partial charge >= 0.3 is 0 Å². The lowest BCUT2D eigenvalue weighted by molar-refractivity contribution is 0.0363. The molecule has 6 heteroatoms. The summed E-state index contributed by atoms with van der Waals surface area (Å²) in [5.74, 6) is 0. The number of imidazole rings is 1. The van der Waals surface area contributed by atoms with Crippen LogP contribution in [0.1, 0.15) is 0 Å². The maximum Gasteiger partial charge on any atom is 0.132 e. The van der Waals surface area contributed by atoms with Gasteiger partial charge in [-0.1, -0.05) is 0 Å². The van der Waals surface area contributed by atoms with Crippen LogP contribution < -0.4 is 0 Å². The molecule has 0 radical (unpaired) electrons. The lowest BCUT2D eigenvalue weighted by Gasteiger charge is -2.26. The molecule has 0 N–H and O–H groups in total. The van der Waals surface area contributed by atoms with Crippen molar-refractivity contribution in [2.24, 2.45) is 0 Å². The van der Waals surface area contributed by atoms with Gasteiger partial charge in [-0.2, -0.15) is 0 Å². The van der Waals surface area contributed by atoms with Crippen molar-refractivity contribution in [1.82, 2.24) is 14.5 Å². The molecule has 0 amide bonds. The first kappa shape index (κ1) is 12.1. The fourth-order valence-corrected chi connectivity index (χ4v) is 2.51. The van der Waals surface area contributed by atoms with Crippen molar-refractivity contribution in [2.45, 2.75) is 6.54 Å². The standard InChI is InChI=1S/C9H13I2N3O/c10-8-9(11)14(7-12-8)2-1-13-3-5-15-6-4-13/h7H,1-6H2. The number of nitrogens with zero attached hydrogens (tertiary/aromatic N) is 3. The molecule has 1 aliphatic rings. The average molecular weight is 433 g/mol. The Balaban J connectivity index is 1.84. The van der Waals surface area contributed by atoms with Gasteiger partial charge in [-0.15, -0.1) is 0 Å². The zero-order valence-electron chi connectivity index (χ0n) is 8.33. The summed E-state index contributed by atoms with van der Waals surface area (Å²) < 4.78 is 9.85. The van der Waals surface area contributed by atoms with Crippen molar-refractivity contribution >= 4 is 45.2 Å². The number of morpholine rings is 1. The molecule has 0 unspecified atom stereocenters. The van der Waals surface area contributed by atoms with Crippen LogP contribution in [-0.4, -0.2) is 47.3 Å². The minimum Gasteiger partial charge on any atom is -0.379 e. The molecule has 1 fully saturated rings. The van der Waals surface area contributed by atoms with E-state index in [0.717, 1.165) is 43.1 Å². The Kier molecular flexibility index (Phi) is 4.65. The van der Waals surface area contributed by atoms with E-state index in [4.69, 9.17) is 4.74 Å². The molecule has 0 spiro atoms. The first-order valence-electron chi connectivity index (χ1n) is 4.93. The summed E-state index contributed by atoms with van der Waals surface area (Å²) >= 11 is 4.61. The molecule has 0 aromatic carbocycles. The van der Waals surface area contributed by atoms with Crippen molar-refractivity contribution in [3.63, 3.8) is 0 Å². The van der Waals surface area contributed by atoms with Gasteiger partial charge in [0.05, 0.1) is 19.5 Å². The third kappa shape index (κ3) is 3.27. The van der Waals surface area contributed by atoms with Gasteiger partial charge in [-0.3, -0.25) is 4.90 Å². The average Bonchev–Trinajstić information content (AvgIpc) is 2.59. The van der Waals surface area contributed by atoms with Crippen molar-refractivity contribution in [2.75, 3.05) is 32.8 Å². The zero-order valence-corrected chi connectivity index (χ0v) is 12.6. The fraction of sp³-hybridized carbons (Fsp3) is 0.667. The molecular formula is C9H13I2N3O. The summed E-state index contributed by atoms with van der Waals surface area (Å²) in [5, 5.41) is 0. The van der Waals surface area contributed by atoms with E-state index < -0.39 is 0 Å². The molecule has 0 atom stereocenters. The molecule has 1 saturated heterocycles. The van der Waals surface area contributed by atoms with Gasteiger partial charge in [-0.05, 0) is 45.2 Å². The predicted octanol–water partition coefficient (Wildman–Crippen LogP) is 1.42. The van der Waals surface area contributed by atoms with Crippen molar-refractivity contribution in [3.8, 4) is 0 Å². The Morgan fingerprint density at radius 2 is 2.00 bits per heavy atom. The van der Waals surface area contributed by atoms with Gasteiger partial charge in [0.25, 0.3) is 0 Å². The summed E-state index contributed by atoms with van der Waals surface area (Å²) in [6, 6.07) is 0. The lowest BCUT2D eigenvalue weighted by atomic mass is 10.4. The molecule has 1 aliphatic heterocycles. The molecule has 4 nitrogen and oxygen atoms in total. The maximum atomic E-state index is 5.32. The zero-order chi connectivity index (χ0) is 10.7. The highest BCUT2D eigenvalue weighted by atomic mass is 127. The second kappa shape index (κ2) is 5.78. The number of halogens is 2. The summed E-state index contributed by atoms with van der Waals surface area (Å²) in [4.78, 5) is 6.72. The quantitative estimate of drug-likeness (QED) is 0.677. The smallest absolute Gasteiger partial charge is 0.132 e. The molecule has 0 saturated carbocycles. The van der Waals surface area contributed by atoms with Crippen LogP contribution in [0, 0.1) is 7.40 Å². The van der Waals surface area contributed by atoms with Crippen LogP contribution in [0.15, 0.2) is 6.33 Å². The van der Waals surface area contributed by atoms with Crippen molar-refractivity contribution < 1.29 is 4.74 Å². The van der Waals surface area contributed by atoms with E-state index in [1.54, 1.807) is 0 Å². The molecule has 2 heterocycles. The summed E-state index contributed by atoms with van der Waals surface area (Å²) in [7, 11) is 0. The Bertz CT molecular complexity index is 323. The van der Waals surface area contributed by atoms with Crippen LogP contribution in [0.2, 0.25) is 0 Å². The summed E-state index contributed by atoms with van der Waals surface area (Å²) in [6.45, 7) is 5.97. The van der Waals surface area contributed by atoms with E-state index in [9.17, 15) is 0 Å². The van der Waals surface area contributed by atoms with E-state index in [1.807, 2.05) is 6.33 Å². The number of rotatable bonds is 3. The molecule has 2 rings (SSSR count). The largest absolute Gasteiger partial charge is 0.379 e. The maximum absolute atomic E-state index is 5.32. The minimum absolute atomic E-state index is 0.874. The lowest BCUT2D eigenvalue weighted by Crippen LogP contribution is -2.38. The number of hydrogen-bond donors (Lipinski definition) is 0. The first-order valence-corrected chi connectivity index (χ1v) is 7.09. The van der Waals surface area contributed by atoms with E-state index in [-0.39, 0.29) is 0 Å². The van der Waals surface area contributed by atoms with Gasteiger partial charge < -0.3 is 9.30 Å². The normalized spacial score (nSPS) is 18.3. The predicted molar refractivity (Wildman–Crippen MR) is 74.9 cm³/mol. The molecule has 1 aromatic rings. The highest BCUT2D eigenvalue weighted by Crippen LogP contribution is 2.12.